The van der Waals surface area contributed by atoms with Crippen LogP contribution in [0.1, 0.15) is 0 Å². The van der Waals surface area contributed by atoms with Crippen molar-refractivity contribution in [2.75, 3.05) is 17.2 Å². The molecule has 0 spiro atoms. The molecule has 0 unspecified atom stereocenters. The van der Waals surface area contributed by atoms with E-state index in [2.05, 4.69) is 139 Å². The Balaban J connectivity index is 0.00000325. The van der Waals surface area contributed by atoms with Crippen molar-refractivity contribution in [3.05, 3.63) is 140 Å². The van der Waals surface area contributed by atoms with Gasteiger partial charge in [0, 0.05) is 38.5 Å². The average molecular weight is 783 g/mol. The maximum atomic E-state index is 4.87. The molecule has 45 heavy (non-hydrogen) atoms. The summed E-state index contributed by atoms with van der Waals surface area (Å²) in [6, 6.07) is 50.2. The van der Waals surface area contributed by atoms with Crippen LogP contribution in [0.5, 0.6) is 0 Å². The molecule has 0 radical (unpaired) electrons. The molecular weight excluding hydrogens is 752 g/mol. The molecule has 1 aliphatic heterocycles. The van der Waals surface area contributed by atoms with E-state index >= 15 is 0 Å². The van der Waals surface area contributed by atoms with Gasteiger partial charge in [-0.3, -0.25) is 0 Å². The molecular formula is C38H31N4OPtSi-. The zero-order valence-electron chi connectivity index (χ0n) is 25.2. The molecule has 7 aromatic rings. The van der Waals surface area contributed by atoms with Gasteiger partial charge in [0.1, 0.15) is 17.2 Å². The summed E-state index contributed by atoms with van der Waals surface area (Å²) >= 11 is 0. The molecule has 0 saturated heterocycles. The molecule has 0 bridgehead atoms. The van der Waals surface area contributed by atoms with E-state index in [0.717, 1.165) is 39.5 Å². The van der Waals surface area contributed by atoms with Crippen molar-refractivity contribution in [2.24, 2.45) is 0 Å². The third kappa shape index (κ3) is 4.90. The first-order valence-corrected chi connectivity index (χ1v) is 17.8. The van der Waals surface area contributed by atoms with Crippen LogP contribution in [0.15, 0.2) is 128 Å². The topological polar surface area (TPSA) is 37.1 Å². The summed E-state index contributed by atoms with van der Waals surface area (Å²) < 4.78 is 2.26. The predicted molar refractivity (Wildman–Crippen MR) is 184 cm³/mol. The van der Waals surface area contributed by atoms with E-state index in [9.17, 15) is 0 Å². The minimum absolute atomic E-state index is 0. The molecule has 1 aliphatic rings. The second kappa shape index (κ2) is 11.5. The number of nitrogens with zero attached hydrogens (tertiary/aromatic N) is 4. The summed E-state index contributed by atoms with van der Waals surface area (Å²) in [5.41, 5.74) is 7.56. The van der Waals surface area contributed by atoms with Gasteiger partial charge in [-0.15, -0.1) is 21.6 Å². The van der Waals surface area contributed by atoms with Gasteiger partial charge < -0.3 is 4.57 Å². The molecule has 5 nitrogen and oxygen atoms in total. The van der Waals surface area contributed by atoms with E-state index in [1.807, 2.05) is 35.5 Å². The van der Waals surface area contributed by atoms with Crippen molar-refractivity contribution < 1.29 is 26.0 Å². The maximum absolute atomic E-state index is 4.87. The molecule has 5 aromatic carbocycles. The van der Waals surface area contributed by atoms with Gasteiger partial charge >= 0.3 is 0 Å². The second-order valence-corrected chi connectivity index (χ2v) is 16.1. The number of aromatic nitrogens is 2. The molecule has 0 saturated carbocycles. The molecule has 3 heterocycles. The molecule has 2 aromatic heterocycles. The van der Waals surface area contributed by atoms with Gasteiger partial charge in [-0.2, -0.15) is 51.7 Å². The number of benzene rings is 5. The smallest absolute Gasteiger partial charge is 0.145 e. The Morgan fingerprint density at radius 3 is 2.24 bits per heavy atom. The van der Waals surface area contributed by atoms with Gasteiger partial charge in [0.25, 0.3) is 0 Å². The van der Waals surface area contributed by atoms with E-state index in [-0.39, 0.29) is 21.1 Å². The van der Waals surface area contributed by atoms with Crippen LogP contribution in [-0.4, -0.2) is 29.6 Å². The summed E-state index contributed by atoms with van der Waals surface area (Å²) in [5, 5.41) is 8.70. The standard InChI is InChI=1S/C38H30N4OSi.Pt/c1-40-35-18-9-10-19-36(35)42(43-40)29-14-11-15-30(25-29)44(2,3)31-20-21-33-32-16-7-8-17-34(32)41(37(33)26-31)38-24-28(22-23-39-38)27-12-5-4-6-13-27;/h4-24H,1-3H3;/q-2;/p+1. The Hall–Kier alpha value is -4.48. The zero-order chi connectivity index (χ0) is 29.8. The summed E-state index contributed by atoms with van der Waals surface area (Å²) in [7, 11) is -0.246. The summed E-state index contributed by atoms with van der Waals surface area (Å²) in [4.78, 5) is 9.66. The van der Waals surface area contributed by atoms with Crippen molar-refractivity contribution in [3.63, 3.8) is 0 Å². The fourth-order valence-corrected chi connectivity index (χ4v) is 8.44. The maximum Gasteiger partial charge on any atom is 0.145 e. The third-order valence-corrected chi connectivity index (χ3v) is 12.0. The minimum Gasteiger partial charge on any atom is -0.319 e. The summed E-state index contributed by atoms with van der Waals surface area (Å²) in [6.45, 7) is 4.76. The second-order valence-electron chi connectivity index (χ2n) is 11.7. The van der Waals surface area contributed by atoms with Crippen LogP contribution in [0.3, 0.4) is 0 Å². The molecule has 0 amide bonds. The van der Waals surface area contributed by atoms with Gasteiger partial charge in [-0.05, 0) is 46.8 Å². The van der Waals surface area contributed by atoms with Crippen LogP contribution >= 0.6 is 0 Å². The number of pyridine rings is 1. The Morgan fingerprint density at radius 1 is 0.667 bits per heavy atom. The molecule has 1 N–H and O–H groups in total. The first-order chi connectivity index (χ1) is 21.5. The van der Waals surface area contributed by atoms with Crippen LogP contribution in [0, 0.1) is 12.1 Å². The Labute approximate surface area is 278 Å². The van der Waals surface area contributed by atoms with Crippen LogP contribution in [0.25, 0.3) is 38.8 Å². The number of fused-ring (bicyclic) bond motifs is 4. The van der Waals surface area contributed by atoms with E-state index in [1.165, 1.54) is 26.7 Å². The fourth-order valence-electron chi connectivity index (χ4n) is 6.26. The SMILES string of the molecule is CN1[OH+]N(c2[c-]c([Si](C)(C)c3[c-]c4c(cc3)c3ccccc3n4-c3cc(-c4ccccc4)ccn3)ccc2)c2ccccc21.[Pt]. The van der Waals surface area contributed by atoms with Crippen LogP contribution in [-0.2, 0) is 21.1 Å². The van der Waals surface area contributed by atoms with E-state index in [1.54, 1.807) is 0 Å². The van der Waals surface area contributed by atoms with Crippen LogP contribution in [0.4, 0.5) is 17.1 Å². The van der Waals surface area contributed by atoms with Gasteiger partial charge in [0.05, 0.1) is 15.1 Å². The van der Waals surface area contributed by atoms with Crippen molar-refractivity contribution in [1.82, 2.24) is 9.55 Å². The molecule has 0 aliphatic carbocycles. The van der Waals surface area contributed by atoms with Crippen molar-refractivity contribution in [2.45, 2.75) is 13.1 Å². The quantitative estimate of drug-likeness (QED) is 0.102. The normalized spacial score (nSPS) is 12.9. The van der Waals surface area contributed by atoms with E-state index in [4.69, 9.17) is 9.92 Å². The van der Waals surface area contributed by atoms with Gasteiger partial charge in [0.2, 0.25) is 0 Å². The Morgan fingerprint density at radius 2 is 1.40 bits per heavy atom. The molecule has 0 atom stereocenters. The number of anilines is 3. The predicted octanol–water partition coefficient (Wildman–Crippen LogP) is 7.69. The largest absolute Gasteiger partial charge is 0.319 e. The third-order valence-electron chi connectivity index (χ3n) is 8.70. The van der Waals surface area contributed by atoms with Gasteiger partial charge in [-0.25, -0.2) is 4.98 Å². The summed E-state index contributed by atoms with van der Waals surface area (Å²) in [5.74, 6) is 0.886. The Bertz CT molecular complexity index is 2180. The summed E-state index contributed by atoms with van der Waals surface area (Å²) in [6.07, 6.45) is 1.90. The molecule has 224 valence electrons. The van der Waals surface area contributed by atoms with E-state index in [0.29, 0.717) is 0 Å². The van der Waals surface area contributed by atoms with Crippen molar-refractivity contribution >= 4 is 57.3 Å². The first-order valence-electron chi connectivity index (χ1n) is 14.8. The molecule has 7 heteroatoms. The number of hydroxylamine groups is 1. The van der Waals surface area contributed by atoms with Crippen molar-refractivity contribution in [3.8, 4) is 16.9 Å². The Kier molecular flexibility index (Phi) is 7.45. The number of rotatable bonds is 5. The molecule has 0 fully saturated rings. The first kappa shape index (κ1) is 29.2. The zero-order valence-corrected chi connectivity index (χ0v) is 28.4. The number of para-hydroxylation sites is 3. The fraction of sp³-hybridized carbons (Fsp3) is 0.0789. The van der Waals surface area contributed by atoms with Crippen LogP contribution < -0.4 is 20.5 Å². The number of hydrogen-bond acceptors (Lipinski definition) is 3. The minimum atomic E-state index is -2.23. The molecule has 8 rings (SSSR count). The van der Waals surface area contributed by atoms with Gasteiger partial charge in [-0.1, -0.05) is 79.3 Å². The van der Waals surface area contributed by atoms with Gasteiger partial charge in [0.15, 0.2) is 0 Å². The van der Waals surface area contributed by atoms with Crippen molar-refractivity contribution in [1.29, 1.82) is 0 Å². The number of hydrogen-bond donors (Lipinski definition) is 0. The monoisotopic (exact) mass is 782 g/mol. The van der Waals surface area contributed by atoms with Crippen LogP contribution in [0.2, 0.25) is 13.1 Å². The van der Waals surface area contributed by atoms with E-state index < -0.39 is 8.07 Å². The average Bonchev–Trinajstić information content (AvgIpc) is 3.59.